The zero-order chi connectivity index (χ0) is 7.11. The largest absolute Gasteiger partial charge is 0.328 e. The summed E-state index contributed by atoms with van der Waals surface area (Å²) in [5, 5.41) is 0. The van der Waals surface area contributed by atoms with Gasteiger partial charge in [-0.2, -0.15) is 11.8 Å². The van der Waals surface area contributed by atoms with E-state index in [1.165, 1.54) is 24.3 Å². The second kappa shape index (κ2) is 6.78. The quantitative estimate of drug-likeness (QED) is 0.468. The van der Waals surface area contributed by atoms with E-state index < -0.39 is 8.60 Å². The van der Waals surface area contributed by atoms with Crippen LogP contribution in [0.5, 0.6) is 0 Å². The Morgan fingerprint density at radius 3 is 1.44 bits per heavy atom. The molecule has 0 spiro atoms. The smallest absolute Gasteiger partial charge is 0.324 e. The predicted molar refractivity (Wildman–Crippen MR) is 40.1 cm³/mol. The van der Waals surface area contributed by atoms with E-state index in [4.69, 9.17) is 14.7 Å². The maximum Gasteiger partial charge on any atom is 0.324 e. The van der Waals surface area contributed by atoms with Gasteiger partial charge in [-0.25, -0.2) is 0 Å². The molecular weight excluding hydrogens is 159 g/mol. The zero-order valence-electron chi connectivity index (χ0n) is 5.03. The van der Waals surface area contributed by atoms with Crippen LogP contribution in [0.2, 0.25) is 0 Å². The van der Waals surface area contributed by atoms with E-state index in [0.29, 0.717) is 0 Å². The minimum absolute atomic E-state index is 1.42. The fourth-order valence-corrected chi connectivity index (χ4v) is 1.53. The minimum Gasteiger partial charge on any atom is -0.328 e. The van der Waals surface area contributed by atoms with Crippen molar-refractivity contribution in [2.45, 2.75) is 12.8 Å². The van der Waals surface area contributed by atoms with Crippen LogP contribution in [0.25, 0.3) is 0 Å². The van der Waals surface area contributed by atoms with Crippen LogP contribution in [0, 0.1) is 0 Å². The third-order valence-electron chi connectivity index (χ3n) is 0.827. The molecule has 3 nitrogen and oxygen atoms in total. The molecule has 0 saturated carbocycles. The van der Waals surface area contributed by atoms with E-state index in [0.717, 1.165) is 0 Å². The monoisotopic (exact) mass is 170 g/mol. The number of thioether (sulfide) groups is 1. The summed E-state index contributed by atoms with van der Waals surface area (Å²) in [6.45, 7) is 0. The SMILES string of the molecule is C1CCSC1.OP(O)O. The molecule has 0 aromatic carbocycles. The summed E-state index contributed by atoms with van der Waals surface area (Å²) >= 11 is 2.07. The summed E-state index contributed by atoms with van der Waals surface area (Å²) in [5.74, 6) is 2.83. The molecule has 0 aromatic heterocycles. The molecule has 0 aliphatic carbocycles. The van der Waals surface area contributed by atoms with Gasteiger partial charge in [0.2, 0.25) is 0 Å². The summed E-state index contributed by atoms with van der Waals surface area (Å²) in [5.41, 5.74) is 0. The number of hydrogen-bond acceptors (Lipinski definition) is 4. The van der Waals surface area contributed by atoms with Crippen molar-refractivity contribution < 1.29 is 14.7 Å². The van der Waals surface area contributed by atoms with Gasteiger partial charge in [-0.3, -0.25) is 0 Å². The van der Waals surface area contributed by atoms with E-state index in [1.807, 2.05) is 0 Å². The Bertz CT molecular complexity index is 47.4. The first kappa shape index (κ1) is 9.66. The van der Waals surface area contributed by atoms with Crippen LogP contribution in [0.4, 0.5) is 0 Å². The van der Waals surface area contributed by atoms with E-state index >= 15 is 0 Å². The molecule has 1 saturated heterocycles. The van der Waals surface area contributed by atoms with E-state index in [9.17, 15) is 0 Å². The summed E-state index contributed by atoms with van der Waals surface area (Å²) in [7, 11) is -2.62. The Labute approximate surface area is 60.1 Å². The predicted octanol–water partition coefficient (Wildman–Crippen LogP) is 0.704. The second-order valence-electron chi connectivity index (χ2n) is 1.59. The lowest BCUT2D eigenvalue weighted by Crippen LogP contribution is -1.58. The Morgan fingerprint density at radius 1 is 1.00 bits per heavy atom. The minimum atomic E-state index is -2.62. The highest BCUT2D eigenvalue weighted by Crippen LogP contribution is 2.14. The first-order valence-corrected chi connectivity index (χ1v) is 5.03. The molecule has 1 aliphatic heterocycles. The zero-order valence-corrected chi connectivity index (χ0v) is 6.74. The van der Waals surface area contributed by atoms with Crippen LogP contribution >= 0.6 is 20.4 Å². The van der Waals surface area contributed by atoms with Gasteiger partial charge < -0.3 is 14.7 Å². The van der Waals surface area contributed by atoms with Crippen molar-refractivity contribution in [2.75, 3.05) is 11.5 Å². The third-order valence-corrected chi connectivity index (χ3v) is 1.98. The maximum atomic E-state index is 7.23. The van der Waals surface area contributed by atoms with E-state index in [2.05, 4.69) is 11.8 Å². The molecular formula is C4H11O3PS. The van der Waals surface area contributed by atoms with Crippen LogP contribution in [-0.2, 0) is 0 Å². The Hall–Kier alpha value is 0.660. The molecule has 56 valence electrons. The van der Waals surface area contributed by atoms with Crippen LogP contribution in [0.3, 0.4) is 0 Å². The van der Waals surface area contributed by atoms with Gasteiger partial charge in [-0.15, -0.1) is 0 Å². The highest BCUT2D eigenvalue weighted by molar-refractivity contribution is 7.99. The number of hydrogen-bond donors (Lipinski definition) is 3. The van der Waals surface area contributed by atoms with Crippen molar-refractivity contribution in [1.29, 1.82) is 0 Å². The van der Waals surface area contributed by atoms with Crippen LogP contribution in [-0.4, -0.2) is 26.2 Å². The van der Waals surface area contributed by atoms with Crippen LogP contribution < -0.4 is 0 Å². The van der Waals surface area contributed by atoms with Crippen LogP contribution in [0.15, 0.2) is 0 Å². The summed E-state index contributed by atoms with van der Waals surface area (Å²) in [4.78, 5) is 21.7. The molecule has 1 aliphatic rings. The van der Waals surface area contributed by atoms with E-state index in [-0.39, 0.29) is 0 Å². The van der Waals surface area contributed by atoms with Gasteiger partial charge in [0.25, 0.3) is 0 Å². The fourth-order valence-electron chi connectivity index (χ4n) is 0.510. The lowest BCUT2D eigenvalue weighted by Gasteiger charge is -1.76. The summed E-state index contributed by atoms with van der Waals surface area (Å²) < 4.78 is 0. The highest BCUT2D eigenvalue weighted by atomic mass is 32.2. The number of rotatable bonds is 0. The van der Waals surface area contributed by atoms with Gasteiger partial charge in [-0.05, 0) is 24.3 Å². The second-order valence-corrected chi connectivity index (χ2v) is 3.35. The molecule has 0 unspecified atom stereocenters. The molecule has 0 amide bonds. The van der Waals surface area contributed by atoms with E-state index in [1.54, 1.807) is 0 Å². The van der Waals surface area contributed by atoms with Crippen LogP contribution in [0.1, 0.15) is 12.8 Å². The molecule has 0 atom stereocenters. The summed E-state index contributed by atoms with van der Waals surface area (Å²) in [6, 6.07) is 0. The lowest BCUT2D eigenvalue weighted by atomic mass is 10.4. The van der Waals surface area contributed by atoms with Crippen molar-refractivity contribution in [3.05, 3.63) is 0 Å². The molecule has 1 fully saturated rings. The van der Waals surface area contributed by atoms with Gasteiger partial charge in [0.1, 0.15) is 0 Å². The Kier molecular flexibility index (Phi) is 7.27. The van der Waals surface area contributed by atoms with Crippen molar-refractivity contribution in [3.63, 3.8) is 0 Å². The average molecular weight is 170 g/mol. The first-order valence-electron chi connectivity index (χ1n) is 2.68. The lowest BCUT2D eigenvalue weighted by molar-refractivity contribution is 0.368. The molecule has 3 N–H and O–H groups in total. The molecule has 0 radical (unpaired) electrons. The molecule has 0 aromatic rings. The maximum absolute atomic E-state index is 7.23. The molecule has 1 heterocycles. The van der Waals surface area contributed by atoms with Crippen molar-refractivity contribution in [3.8, 4) is 0 Å². The molecule has 9 heavy (non-hydrogen) atoms. The van der Waals surface area contributed by atoms with Crippen molar-refractivity contribution in [1.82, 2.24) is 0 Å². The third kappa shape index (κ3) is 12.0. The summed E-state index contributed by atoms with van der Waals surface area (Å²) in [6.07, 6.45) is 2.93. The molecule has 1 rings (SSSR count). The van der Waals surface area contributed by atoms with Gasteiger partial charge in [0.15, 0.2) is 0 Å². The van der Waals surface area contributed by atoms with Gasteiger partial charge in [-0.1, -0.05) is 0 Å². The molecule has 5 heteroatoms. The standard InChI is InChI=1S/C4H8S.H3O3P/c1-2-4-5-3-1;1-4(2)3/h1-4H2;1-3H. The van der Waals surface area contributed by atoms with Gasteiger partial charge in [0, 0.05) is 0 Å². The normalized spacial score (nSPS) is 17.3. The highest BCUT2D eigenvalue weighted by Gasteiger charge is 1.95. The van der Waals surface area contributed by atoms with Gasteiger partial charge in [0.05, 0.1) is 0 Å². The fraction of sp³-hybridized carbons (Fsp3) is 1.00. The first-order chi connectivity index (χ1) is 4.23. The topological polar surface area (TPSA) is 60.7 Å². The van der Waals surface area contributed by atoms with Crippen molar-refractivity contribution >= 4 is 20.4 Å². The molecule has 0 bridgehead atoms. The Morgan fingerprint density at radius 2 is 1.33 bits per heavy atom. The Balaban J connectivity index is 0.000000148. The van der Waals surface area contributed by atoms with Gasteiger partial charge >= 0.3 is 8.60 Å². The average Bonchev–Trinajstić information content (AvgIpc) is 2.11. The van der Waals surface area contributed by atoms with Crippen molar-refractivity contribution in [2.24, 2.45) is 0 Å².